The molecule has 17 heavy (non-hydrogen) atoms. The molecule has 0 radical (unpaired) electrons. The summed E-state index contributed by atoms with van der Waals surface area (Å²) in [4.78, 5) is 10.7. The number of carboxylic acid groups (broad SMARTS) is 1. The Morgan fingerprint density at radius 2 is 1.82 bits per heavy atom. The largest absolute Gasteiger partial charge is 0.481 e. The minimum atomic E-state index is -0.774. The van der Waals surface area contributed by atoms with E-state index < -0.39 is 5.97 Å². The van der Waals surface area contributed by atoms with Crippen molar-refractivity contribution in [1.29, 1.82) is 0 Å². The van der Waals surface area contributed by atoms with E-state index >= 15 is 0 Å². The van der Waals surface area contributed by atoms with E-state index in [9.17, 15) is 4.79 Å². The van der Waals surface area contributed by atoms with Gasteiger partial charge >= 0.3 is 5.97 Å². The molecule has 3 nitrogen and oxygen atoms in total. The number of rotatable bonds is 4. The lowest BCUT2D eigenvalue weighted by Crippen LogP contribution is -2.19. The van der Waals surface area contributed by atoms with E-state index in [0.717, 1.165) is 5.69 Å². The molecule has 0 aliphatic heterocycles. The van der Waals surface area contributed by atoms with Crippen molar-refractivity contribution in [3.05, 3.63) is 29.8 Å². The summed E-state index contributed by atoms with van der Waals surface area (Å²) in [5, 5.41) is 11.9. The maximum Gasteiger partial charge on any atom is 0.308 e. The molecule has 0 amide bonds. The first-order valence-electron chi connectivity index (χ1n) is 5.88. The van der Waals surface area contributed by atoms with Crippen LogP contribution in [0.4, 0.5) is 5.69 Å². The SMILES string of the molecule is CC(CNc1ccc(C(C)(C)C)cc1)C(=O)O. The van der Waals surface area contributed by atoms with Crippen molar-refractivity contribution in [2.45, 2.75) is 33.1 Å². The Hall–Kier alpha value is -1.51. The van der Waals surface area contributed by atoms with Crippen LogP contribution in [0.15, 0.2) is 24.3 Å². The summed E-state index contributed by atoms with van der Waals surface area (Å²) in [5.74, 6) is -1.15. The molecular formula is C14H21NO2. The van der Waals surface area contributed by atoms with E-state index in [1.165, 1.54) is 5.56 Å². The van der Waals surface area contributed by atoms with Crippen LogP contribution in [0.2, 0.25) is 0 Å². The van der Waals surface area contributed by atoms with Crippen molar-refractivity contribution >= 4 is 11.7 Å². The van der Waals surface area contributed by atoms with Crippen molar-refractivity contribution in [2.75, 3.05) is 11.9 Å². The molecule has 2 N–H and O–H groups in total. The number of carboxylic acids is 1. The first kappa shape index (κ1) is 13.6. The van der Waals surface area contributed by atoms with Crippen LogP contribution < -0.4 is 5.32 Å². The Bertz CT molecular complexity index is 376. The van der Waals surface area contributed by atoms with E-state index in [0.29, 0.717) is 6.54 Å². The molecule has 0 aromatic heterocycles. The van der Waals surface area contributed by atoms with E-state index in [2.05, 4.69) is 38.2 Å². The van der Waals surface area contributed by atoms with Crippen molar-refractivity contribution in [1.82, 2.24) is 0 Å². The summed E-state index contributed by atoms with van der Waals surface area (Å²) in [6, 6.07) is 8.14. The summed E-state index contributed by atoms with van der Waals surface area (Å²) in [5.41, 5.74) is 2.38. The molecule has 0 aliphatic rings. The Balaban J connectivity index is 2.60. The Kier molecular flexibility index (Phi) is 4.16. The molecule has 1 unspecified atom stereocenters. The van der Waals surface area contributed by atoms with Crippen LogP contribution in [0.3, 0.4) is 0 Å². The number of hydrogen-bond acceptors (Lipinski definition) is 2. The number of hydrogen-bond donors (Lipinski definition) is 2. The predicted octanol–water partition coefficient (Wildman–Crippen LogP) is 3.12. The fourth-order valence-corrected chi connectivity index (χ4v) is 1.45. The van der Waals surface area contributed by atoms with Crippen molar-refractivity contribution in [3.8, 4) is 0 Å². The molecule has 1 aromatic carbocycles. The lowest BCUT2D eigenvalue weighted by Gasteiger charge is -2.19. The maximum absolute atomic E-state index is 10.7. The number of aliphatic carboxylic acids is 1. The van der Waals surface area contributed by atoms with Gasteiger partial charge in [0.15, 0.2) is 0 Å². The molecule has 0 heterocycles. The molecule has 1 rings (SSSR count). The fraction of sp³-hybridized carbons (Fsp3) is 0.500. The van der Waals surface area contributed by atoms with Gasteiger partial charge in [0.25, 0.3) is 0 Å². The second-order valence-corrected chi connectivity index (χ2v) is 5.45. The second-order valence-electron chi connectivity index (χ2n) is 5.45. The molecule has 0 aliphatic carbocycles. The highest BCUT2D eigenvalue weighted by Gasteiger charge is 2.13. The highest BCUT2D eigenvalue weighted by atomic mass is 16.4. The van der Waals surface area contributed by atoms with E-state index in [4.69, 9.17) is 5.11 Å². The van der Waals surface area contributed by atoms with E-state index in [-0.39, 0.29) is 11.3 Å². The zero-order valence-electron chi connectivity index (χ0n) is 10.9. The number of nitrogens with one attached hydrogen (secondary N) is 1. The van der Waals surface area contributed by atoms with Crippen LogP contribution in [-0.4, -0.2) is 17.6 Å². The van der Waals surface area contributed by atoms with Crippen LogP contribution in [-0.2, 0) is 10.2 Å². The Morgan fingerprint density at radius 1 is 1.29 bits per heavy atom. The monoisotopic (exact) mass is 235 g/mol. The van der Waals surface area contributed by atoms with Gasteiger partial charge in [0, 0.05) is 12.2 Å². The minimum absolute atomic E-state index is 0.146. The quantitative estimate of drug-likeness (QED) is 0.843. The smallest absolute Gasteiger partial charge is 0.308 e. The summed E-state index contributed by atoms with van der Waals surface area (Å²) >= 11 is 0. The van der Waals surface area contributed by atoms with Gasteiger partial charge in [-0.15, -0.1) is 0 Å². The van der Waals surface area contributed by atoms with Gasteiger partial charge < -0.3 is 10.4 Å². The maximum atomic E-state index is 10.7. The molecule has 0 fully saturated rings. The first-order chi connectivity index (χ1) is 7.80. The van der Waals surface area contributed by atoms with E-state index in [1.54, 1.807) is 6.92 Å². The first-order valence-corrected chi connectivity index (χ1v) is 5.88. The molecule has 0 saturated heterocycles. The highest BCUT2D eigenvalue weighted by molar-refractivity contribution is 5.70. The zero-order valence-corrected chi connectivity index (χ0v) is 10.9. The second kappa shape index (κ2) is 5.21. The number of benzene rings is 1. The van der Waals surface area contributed by atoms with Gasteiger partial charge in [0.05, 0.1) is 5.92 Å². The molecule has 0 saturated carbocycles. The Labute approximate surface area is 103 Å². The zero-order chi connectivity index (χ0) is 13.1. The summed E-state index contributed by atoms with van der Waals surface area (Å²) in [6.07, 6.45) is 0. The lowest BCUT2D eigenvalue weighted by molar-refractivity contribution is -0.140. The summed E-state index contributed by atoms with van der Waals surface area (Å²) in [7, 11) is 0. The fourth-order valence-electron chi connectivity index (χ4n) is 1.45. The number of carbonyl (C=O) groups is 1. The molecule has 0 spiro atoms. The van der Waals surface area contributed by atoms with Gasteiger partial charge in [0.1, 0.15) is 0 Å². The van der Waals surface area contributed by atoms with Crippen molar-refractivity contribution in [2.24, 2.45) is 5.92 Å². The summed E-state index contributed by atoms with van der Waals surface area (Å²) in [6.45, 7) is 8.65. The van der Waals surface area contributed by atoms with Crippen molar-refractivity contribution in [3.63, 3.8) is 0 Å². The van der Waals surface area contributed by atoms with Crippen molar-refractivity contribution < 1.29 is 9.90 Å². The molecular weight excluding hydrogens is 214 g/mol. The third-order valence-corrected chi connectivity index (χ3v) is 2.78. The summed E-state index contributed by atoms with van der Waals surface area (Å²) < 4.78 is 0. The predicted molar refractivity (Wildman–Crippen MR) is 70.4 cm³/mol. The average molecular weight is 235 g/mol. The Morgan fingerprint density at radius 3 is 2.24 bits per heavy atom. The molecule has 94 valence electrons. The van der Waals surface area contributed by atoms with Gasteiger partial charge in [-0.1, -0.05) is 39.8 Å². The third kappa shape index (κ3) is 4.10. The van der Waals surface area contributed by atoms with Crippen LogP contribution in [0.25, 0.3) is 0 Å². The molecule has 3 heteroatoms. The van der Waals surface area contributed by atoms with Gasteiger partial charge in [-0.05, 0) is 23.1 Å². The standard InChI is InChI=1S/C14H21NO2/c1-10(13(16)17)9-15-12-7-5-11(6-8-12)14(2,3)4/h5-8,10,15H,9H2,1-4H3,(H,16,17). The molecule has 1 aromatic rings. The van der Waals surface area contributed by atoms with Crippen LogP contribution >= 0.6 is 0 Å². The van der Waals surface area contributed by atoms with Gasteiger partial charge in [0.2, 0.25) is 0 Å². The van der Waals surface area contributed by atoms with Crippen LogP contribution in [0.1, 0.15) is 33.3 Å². The van der Waals surface area contributed by atoms with Gasteiger partial charge in [-0.25, -0.2) is 0 Å². The molecule has 1 atom stereocenters. The molecule has 0 bridgehead atoms. The third-order valence-electron chi connectivity index (χ3n) is 2.78. The number of anilines is 1. The minimum Gasteiger partial charge on any atom is -0.481 e. The highest BCUT2D eigenvalue weighted by Crippen LogP contribution is 2.23. The van der Waals surface area contributed by atoms with E-state index in [1.807, 2.05) is 12.1 Å². The topological polar surface area (TPSA) is 49.3 Å². The average Bonchev–Trinajstić information content (AvgIpc) is 2.25. The van der Waals surface area contributed by atoms with Gasteiger partial charge in [-0.3, -0.25) is 4.79 Å². The van der Waals surface area contributed by atoms with Crippen LogP contribution in [0.5, 0.6) is 0 Å². The normalized spacial score (nSPS) is 13.2. The van der Waals surface area contributed by atoms with Crippen LogP contribution in [0, 0.1) is 5.92 Å². The van der Waals surface area contributed by atoms with Gasteiger partial charge in [-0.2, -0.15) is 0 Å². The lowest BCUT2D eigenvalue weighted by atomic mass is 9.87.